The molecule has 1 aliphatic carbocycles. The standard InChI is InChI=1S/C27H31N5O2/c1-4-25-27(29-23-18-22(34-3)10-11-24(23)30(25)2)12-15-31(16-13-27)26(33)20-6-5-7-21(9-8-20)32-17-14-28-19-32/h4-6,8-11,14,17-19,29H,7,12-13,15-16H2,1-3H3. The summed E-state index contributed by atoms with van der Waals surface area (Å²) >= 11 is 0. The highest BCUT2D eigenvalue weighted by Crippen LogP contribution is 2.45. The van der Waals surface area contributed by atoms with E-state index in [9.17, 15) is 4.79 Å². The predicted octanol–water partition coefficient (Wildman–Crippen LogP) is 4.45. The zero-order valence-electron chi connectivity index (χ0n) is 20.0. The van der Waals surface area contributed by atoms with Gasteiger partial charge in [0.2, 0.25) is 0 Å². The zero-order valence-corrected chi connectivity index (χ0v) is 20.0. The number of ether oxygens (including phenoxy) is 1. The number of amides is 1. The second-order valence-corrected chi connectivity index (χ2v) is 8.97. The van der Waals surface area contributed by atoms with E-state index in [1.54, 1.807) is 19.6 Å². The second-order valence-electron chi connectivity index (χ2n) is 8.97. The third kappa shape index (κ3) is 3.81. The summed E-state index contributed by atoms with van der Waals surface area (Å²) in [6, 6.07) is 6.14. The van der Waals surface area contributed by atoms with Crippen LogP contribution < -0.4 is 15.0 Å². The highest BCUT2D eigenvalue weighted by atomic mass is 16.5. The number of allylic oxidation sites excluding steroid dienone is 5. The monoisotopic (exact) mass is 457 g/mol. The van der Waals surface area contributed by atoms with Gasteiger partial charge in [0, 0.05) is 62.0 Å². The molecule has 1 aromatic heterocycles. The quantitative estimate of drug-likeness (QED) is 0.738. The molecule has 1 saturated heterocycles. The summed E-state index contributed by atoms with van der Waals surface area (Å²) < 4.78 is 7.43. The summed E-state index contributed by atoms with van der Waals surface area (Å²) in [5, 5.41) is 3.81. The van der Waals surface area contributed by atoms with Crippen LogP contribution in [0.3, 0.4) is 0 Å². The van der Waals surface area contributed by atoms with Crippen LogP contribution in [-0.2, 0) is 4.79 Å². The number of nitrogens with one attached hydrogen (secondary N) is 1. The number of carbonyl (C=O) groups excluding carboxylic acids is 1. The Kier molecular flexibility index (Phi) is 5.77. The zero-order chi connectivity index (χ0) is 23.7. The lowest BCUT2D eigenvalue weighted by molar-refractivity contribution is -0.128. The fourth-order valence-electron chi connectivity index (χ4n) is 5.31. The van der Waals surface area contributed by atoms with E-state index < -0.39 is 0 Å². The smallest absolute Gasteiger partial charge is 0.253 e. The molecule has 2 aliphatic heterocycles. The average Bonchev–Trinajstić information content (AvgIpc) is 3.28. The van der Waals surface area contributed by atoms with Crippen LogP contribution in [0, 0.1) is 0 Å². The van der Waals surface area contributed by atoms with E-state index in [0.29, 0.717) is 13.1 Å². The van der Waals surface area contributed by atoms with Crippen LogP contribution in [0.2, 0.25) is 0 Å². The fraction of sp³-hybridized carbons (Fsp3) is 0.333. The van der Waals surface area contributed by atoms with Gasteiger partial charge >= 0.3 is 0 Å². The molecule has 176 valence electrons. The largest absolute Gasteiger partial charge is 0.497 e. The fourth-order valence-corrected chi connectivity index (χ4v) is 5.31. The van der Waals surface area contributed by atoms with Gasteiger partial charge in [0.05, 0.1) is 30.4 Å². The highest BCUT2D eigenvalue weighted by Gasteiger charge is 2.44. The van der Waals surface area contributed by atoms with Gasteiger partial charge in [0.15, 0.2) is 0 Å². The van der Waals surface area contributed by atoms with Crippen LogP contribution in [0.15, 0.2) is 78.6 Å². The van der Waals surface area contributed by atoms with Crippen LogP contribution in [0.4, 0.5) is 11.4 Å². The molecule has 1 N–H and O–H groups in total. The first-order chi connectivity index (χ1) is 16.5. The number of methoxy groups -OCH3 is 1. The maximum absolute atomic E-state index is 13.4. The minimum Gasteiger partial charge on any atom is -0.497 e. The number of piperidine rings is 1. The van der Waals surface area contributed by atoms with Crippen molar-refractivity contribution in [3.63, 3.8) is 0 Å². The molecule has 1 fully saturated rings. The molecule has 0 unspecified atom stereocenters. The van der Waals surface area contributed by atoms with E-state index in [0.717, 1.165) is 47.7 Å². The summed E-state index contributed by atoms with van der Waals surface area (Å²) in [6.45, 7) is 3.48. The third-order valence-electron chi connectivity index (χ3n) is 7.13. The minimum absolute atomic E-state index is 0.0856. The molecule has 7 heteroatoms. The van der Waals surface area contributed by atoms with E-state index in [1.165, 1.54) is 5.70 Å². The predicted molar refractivity (Wildman–Crippen MR) is 136 cm³/mol. The van der Waals surface area contributed by atoms with Gasteiger partial charge in [-0.15, -0.1) is 0 Å². The van der Waals surface area contributed by atoms with Gasteiger partial charge in [-0.25, -0.2) is 4.98 Å². The Bertz CT molecular complexity index is 1200. The Labute approximate surface area is 200 Å². The van der Waals surface area contributed by atoms with Crippen LogP contribution >= 0.6 is 0 Å². The van der Waals surface area contributed by atoms with E-state index >= 15 is 0 Å². The number of anilines is 2. The first kappa shape index (κ1) is 22.1. The molecular formula is C27H31N5O2. The summed E-state index contributed by atoms with van der Waals surface area (Å²) in [4.78, 5) is 21.7. The lowest BCUT2D eigenvalue weighted by Gasteiger charge is -2.50. The van der Waals surface area contributed by atoms with Crippen LogP contribution in [0.1, 0.15) is 26.2 Å². The lowest BCUT2D eigenvalue weighted by atomic mass is 9.81. The van der Waals surface area contributed by atoms with Crippen molar-refractivity contribution >= 4 is 23.0 Å². The first-order valence-corrected chi connectivity index (χ1v) is 11.8. The minimum atomic E-state index is -0.207. The number of nitrogens with zero attached hydrogens (tertiary/aromatic N) is 4. The molecule has 0 bridgehead atoms. The van der Waals surface area contributed by atoms with Gasteiger partial charge in [-0.2, -0.15) is 0 Å². The summed E-state index contributed by atoms with van der Waals surface area (Å²) in [5.41, 5.74) is 5.06. The number of aromatic nitrogens is 2. The van der Waals surface area contributed by atoms with Crippen LogP contribution in [-0.4, -0.2) is 53.1 Å². The molecule has 7 nitrogen and oxygen atoms in total. The van der Waals surface area contributed by atoms with Crippen molar-refractivity contribution in [1.82, 2.24) is 14.5 Å². The van der Waals surface area contributed by atoms with E-state index in [-0.39, 0.29) is 11.4 Å². The number of hydrogen-bond acceptors (Lipinski definition) is 5. The van der Waals surface area contributed by atoms with Crippen LogP contribution in [0.25, 0.3) is 5.70 Å². The van der Waals surface area contributed by atoms with Gasteiger partial charge in [-0.1, -0.05) is 18.2 Å². The number of benzene rings is 1. The van der Waals surface area contributed by atoms with E-state index in [1.807, 2.05) is 46.0 Å². The van der Waals surface area contributed by atoms with Crippen molar-refractivity contribution in [3.05, 3.63) is 78.6 Å². The molecule has 1 amide bonds. The molecule has 1 aromatic carbocycles. The van der Waals surface area contributed by atoms with E-state index in [4.69, 9.17) is 4.74 Å². The van der Waals surface area contributed by atoms with Crippen LogP contribution in [0.5, 0.6) is 5.75 Å². The van der Waals surface area contributed by atoms with Gasteiger partial charge in [0.25, 0.3) is 5.91 Å². The van der Waals surface area contributed by atoms with Gasteiger partial charge in [-0.05, 0) is 44.1 Å². The molecule has 0 saturated carbocycles. The Balaban J connectivity index is 1.34. The number of rotatable bonds is 3. The second kappa shape index (κ2) is 8.89. The maximum atomic E-state index is 13.4. The maximum Gasteiger partial charge on any atom is 0.253 e. The van der Waals surface area contributed by atoms with E-state index in [2.05, 4.69) is 47.4 Å². The number of imidazole rings is 1. The van der Waals surface area contributed by atoms with Crippen molar-refractivity contribution in [1.29, 1.82) is 0 Å². The molecule has 3 aliphatic rings. The average molecular weight is 458 g/mol. The molecule has 3 heterocycles. The first-order valence-electron chi connectivity index (χ1n) is 11.8. The Morgan fingerprint density at radius 3 is 2.76 bits per heavy atom. The summed E-state index contributed by atoms with van der Waals surface area (Å²) in [7, 11) is 3.81. The Morgan fingerprint density at radius 2 is 2.06 bits per heavy atom. The SMILES string of the molecule is CC=C1N(C)c2ccc(OC)cc2NC12CCN(C(=O)C1=CC=C(n3ccnc3)CC=C1)CC2. The number of hydrogen-bond donors (Lipinski definition) is 1. The number of likely N-dealkylation sites (N-methyl/N-ethyl adjacent to an activating group) is 1. The molecule has 1 spiro atoms. The molecule has 2 aromatic rings. The van der Waals surface area contributed by atoms with Gasteiger partial charge in [-0.3, -0.25) is 4.79 Å². The molecule has 34 heavy (non-hydrogen) atoms. The van der Waals surface area contributed by atoms with Crippen molar-refractivity contribution in [2.45, 2.75) is 31.7 Å². The summed E-state index contributed by atoms with van der Waals surface area (Å²) in [5.74, 6) is 0.920. The topological polar surface area (TPSA) is 62.6 Å². The number of carbonyl (C=O) groups is 1. The van der Waals surface area contributed by atoms with Crippen molar-refractivity contribution < 1.29 is 9.53 Å². The van der Waals surface area contributed by atoms with Gasteiger partial charge < -0.3 is 24.4 Å². The third-order valence-corrected chi connectivity index (χ3v) is 7.13. The normalized spacial score (nSPS) is 20.4. The number of fused-ring (bicyclic) bond motifs is 1. The summed E-state index contributed by atoms with van der Waals surface area (Å²) in [6.07, 6.45) is 18.0. The van der Waals surface area contributed by atoms with Crippen molar-refractivity contribution in [3.8, 4) is 5.75 Å². The highest BCUT2D eigenvalue weighted by molar-refractivity contribution is 5.97. The van der Waals surface area contributed by atoms with Crippen molar-refractivity contribution in [2.75, 3.05) is 37.5 Å². The molecule has 5 rings (SSSR count). The molecular weight excluding hydrogens is 426 g/mol. The molecule has 0 atom stereocenters. The molecule has 0 radical (unpaired) electrons. The Hall–Kier alpha value is -3.74. The Morgan fingerprint density at radius 1 is 1.24 bits per heavy atom. The number of likely N-dealkylation sites (tertiary alicyclic amines) is 1. The van der Waals surface area contributed by atoms with Crippen molar-refractivity contribution in [2.24, 2.45) is 0 Å². The lowest BCUT2D eigenvalue weighted by Crippen LogP contribution is -2.56. The van der Waals surface area contributed by atoms with Gasteiger partial charge in [0.1, 0.15) is 5.75 Å².